The smallest absolute Gasteiger partial charge is 0.261 e. The summed E-state index contributed by atoms with van der Waals surface area (Å²) in [6.45, 7) is 2.03. The fourth-order valence-corrected chi connectivity index (χ4v) is 6.62. The van der Waals surface area contributed by atoms with Crippen LogP contribution in [0.5, 0.6) is 11.5 Å². The van der Waals surface area contributed by atoms with Gasteiger partial charge in [0.05, 0.1) is 26.7 Å². The van der Waals surface area contributed by atoms with Crippen LogP contribution in [0.15, 0.2) is 102 Å². The van der Waals surface area contributed by atoms with Crippen molar-refractivity contribution in [2.24, 2.45) is 0 Å². The van der Waals surface area contributed by atoms with Crippen LogP contribution in [-0.4, -0.2) is 50.4 Å². The van der Waals surface area contributed by atoms with Gasteiger partial charge in [-0.3, -0.25) is 14.5 Å². The van der Waals surface area contributed by atoms with Gasteiger partial charge in [0, 0.05) is 53.5 Å². The number of carbonyl (C=O) groups excluding carboxylic acids is 1. The zero-order chi connectivity index (χ0) is 30.8. The van der Waals surface area contributed by atoms with Gasteiger partial charge in [-0.05, 0) is 78.9 Å². The van der Waals surface area contributed by atoms with Crippen LogP contribution >= 0.6 is 34.8 Å². The van der Waals surface area contributed by atoms with E-state index in [1.165, 1.54) is 42.5 Å². The molecule has 0 bridgehead atoms. The number of hydrogen-bond acceptors (Lipinski definition) is 6. The highest BCUT2D eigenvalue weighted by Gasteiger charge is 2.27. The Labute approximate surface area is 269 Å². The molecule has 0 unspecified atom stereocenters. The quantitative estimate of drug-likeness (QED) is 0.191. The monoisotopic (exact) mass is 666 g/mol. The van der Waals surface area contributed by atoms with Crippen molar-refractivity contribution in [2.45, 2.75) is 4.90 Å². The Kier molecular flexibility index (Phi) is 8.55. The number of anilines is 2. The number of halogens is 3. The fraction of sp³-hybridized carbons (Fsp3) is 0.125. The van der Waals surface area contributed by atoms with Crippen LogP contribution in [0.3, 0.4) is 0 Å². The van der Waals surface area contributed by atoms with Crippen molar-refractivity contribution in [1.82, 2.24) is 9.88 Å². The highest BCUT2D eigenvalue weighted by Crippen LogP contribution is 2.32. The minimum absolute atomic E-state index is 0.00293. The molecule has 0 saturated carbocycles. The third-order valence-electron chi connectivity index (χ3n) is 7.24. The van der Waals surface area contributed by atoms with E-state index in [0.29, 0.717) is 52.7 Å². The van der Waals surface area contributed by atoms with Gasteiger partial charge in [0.15, 0.2) is 0 Å². The largest absolute Gasteiger partial charge is 0.456 e. The lowest BCUT2D eigenvalue weighted by atomic mass is 10.1. The van der Waals surface area contributed by atoms with Crippen LogP contribution in [0.4, 0.5) is 11.4 Å². The number of rotatable bonds is 7. The molecule has 8 nitrogen and oxygen atoms in total. The Morgan fingerprint density at radius 1 is 0.818 bits per heavy atom. The van der Waals surface area contributed by atoms with Crippen molar-refractivity contribution >= 4 is 73.0 Å². The molecule has 44 heavy (non-hydrogen) atoms. The summed E-state index contributed by atoms with van der Waals surface area (Å²) in [5.41, 5.74) is 2.11. The molecule has 0 spiro atoms. The van der Waals surface area contributed by atoms with Gasteiger partial charge < -0.3 is 14.5 Å². The van der Waals surface area contributed by atoms with Gasteiger partial charge in [0.1, 0.15) is 11.5 Å². The average molecular weight is 668 g/mol. The summed E-state index contributed by atoms with van der Waals surface area (Å²) in [6.07, 6.45) is 1.75. The molecule has 6 rings (SSSR count). The minimum Gasteiger partial charge on any atom is -0.456 e. The third kappa shape index (κ3) is 6.42. The Morgan fingerprint density at radius 2 is 1.52 bits per heavy atom. The molecule has 2 heterocycles. The van der Waals surface area contributed by atoms with Crippen molar-refractivity contribution in [3.63, 3.8) is 0 Å². The number of fused-ring (bicyclic) bond motifs is 1. The Bertz CT molecular complexity index is 1970. The number of nitrogens with zero attached hydrogens (tertiary/aromatic N) is 3. The first-order valence-corrected chi connectivity index (χ1v) is 16.2. The zero-order valence-electron chi connectivity index (χ0n) is 23.1. The van der Waals surface area contributed by atoms with Crippen LogP contribution in [0.25, 0.3) is 10.9 Å². The second-order valence-corrected chi connectivity index (χ2v) is 13.0. The summed E-state index contributed by atoms with van der Waals surface area (Å²) < 4.78 is 35.0. The van der Waals surface area contributed by atoms with E-state index in [4.69, 9.17) is 39.5 Å². The predicted molar refractivity (Wildman–Crippen MR) is 175 cm³/mol. The molecule has 0 radical (unpaired) electrons. The summed E-state index contributed by atoms with van der Waals surface area (Å²) in [6, 6.07) is 25.0. The van der Waals surface area contributed by atoms with Gasteiger partial charge in [-0.1, -0.05) is 46.9 Å². The molecule has 224 valence electrons. The van der Waals surface area contributed by atoms with E-state index in [0.717, 1.165) is 16.6 Å². The molecule has 0 atom stereocenters. The predicted octanol–water partition coefficient (Wildman–Crippen LogP) is 7.75. The minimum atomic E-state index is -4.05. The zero-order valence-corrected chi connectivity index (χ0v) is 26.2. The Balaban J connectivity index is 1.17. The molecule has 1 aromatic heterocycles. The van der Waals surface area contributed by atoms with E-state index in [2.05, 4.69) is 14.6 Å². The first-order chi connectivity index (χ1) is 21.2. The number of hydrogen-bond donors (Lipinski definition) is 1. The van der Waals surface area contributed by atoms with Gasteiger partial charge >= 0.3 is 0 Å². The maximum absolute atomic E-state index is 13.7. The lowest BCUT2D eigenvalue weighted by Crippen LogP contribution is -2.49. The van der Waals surface area contributed by atoms with Crippen LogP contribution in [0.2, 0.25) is 15.1 Å². The Hall–Kier alpha value is -4.02. The van der Waals surface area contributed by atoms with Gasteiger partial charge in [0.25, 0.3) is 15.9 Å². The first-order valence-electron chi connectivity index (χ1n) is 13.6. The SMILES string of the molecule is O=C(c1cc(Cl)ccc1NS(=O)(=O)c1ccc(Oc2ccccc2Cl)cc1)N1CCN(c2ccnc3cc(Cl)ccc23)CC1. The van der Waals surface area contributed by atoms with Crippen molar-refractivity contribution < 1.29 is 17.9 Å². The van der Waals surface area contributed by atoms with Crippen LogP contribution < -0.4 is 14.4 Å². The summed E-state index contributed by atoms with van der Waals surface area (Å²) in [4.78, 5) is 22.0. The normalized spacial score (nSPS) is 13.6. The first kappa shape index (κ1) is 30.0. The molecule has 1 N–H and O–H groups in total. The molecule has 12 heteroatoms. The van der Waals surface area contributed by atoms with E-state index < -0.39 is 10.0 Å². The maximum Gasteiger partial charge on any atom is 0.261 e. The van der Waals surface area contributed by atoms with E-state index >= 15 is 0 Å². The lowest BCUT2D eigenvalue weighted by molar-refractivity contribution is 0.0748. The molecule has 1 aliphatic heterocycles. The molecular formula is C32H25Cl3N4O4S. The molecule has 5 aromatic rings. The number of para-hydroxylation sites is 1. The summed E-state index contributed by atoms with van der Waals surface area (Å²) >= 11 is 18.6. The maximum atomic E-state index is 13.7. The van der Waals surface area contributed by atoms with Crippen molar-refractivity contribution in [3.05, 3.63) is 118 Å². The molecular weight excluding hydrogens is 643 g/mol. The van der Waals surface area contributed by atoms with Gasteiger partial charge in [-0.25, -0.2) is 8.42 Å². The third-order valence-corrected chi connectivity index (χ3v) is 9.41. The van der Waals surface area contributed by atoms with Crippen molar-refractivity contribution in [1.29, 1.82) is 0 Å². The topological polar surface area (TPSA) is 91.8 Å². The number of aromatic nitrogens is 1. The average Bonchev–Trinajstić information content (AvgIpc) is 3.02. The van der Waals surface area contributed by atoms with Gasteiger partial charge in [0.2, 0.25) is 0 Å². The molecule has 1 amide bonds. The molecule has 1 saturated heterocycles. The fourth-order valence-electron chi connectivity index (χ4n) is 5.03. The van der Waals surface area contributed by atoms with Gasteiger partial charge in [-0.15, -0.1) is 0 Å². The van der Waals surface area contributed by atoms with E-state index in [1.54, 1.807) is 35.4 Å². The van der Waals surface area contributed by atoms with Crippen molar-refractivity contribution in [3.8, 4) is 11.5 Å². The van der Waals surface area contributed by atoms with E-state index in [9.17, 15) is 13.2 Å². The highest BCUT2D eigenvalue weighted by atomic mass is 35.5. The Morgan fingerprint density at radius 3 is 2.27 bits per heavy atom. The van der Waals surface area contributed by atoms with Gasteiger partial charge in [-0.2, -0.15) is 0 Å². The number of sulfonamides is 1. The molecule has 0 aliphatic carbocycles. The number of carbonyl (C=O) groups is 1. The van der Waals surface area contributed by atoms with Crippen molar-refractivity contribution in [2.75, 3.05) is 35.8 Å². The summed E-state index contributed by atoms with van der Waals surface area (Å²) in [5, 5.41) is 2.35. The number of ether oxygens (including phenoxy) is 1. The molecule has 1 fully saturated rings. The molecule has 4 aromatic carbocycles. The summed E-state index contributed by atoms with van der Waals surface area (Å²) in [7, 11) is -4.05. The number of piperazine rings is 1. The standard InChI is InChI=1S/C32H25Cl3N4O4S/c33-21-6-12-28(37-44(41,42)24-9-7-23(8-10-24)43-31-4-2-1-3-27(31)35)26(19-21)32(40)39-17-15-38(16-18-39)30-13-14-36-29-20-22(34)5-11-25(29)30/h1-14,19-20,37H,15-18H2. The number of benzene rings is 4. The summed E-state index contributed by atoms with van der Waals surface area (Å²) in [5.74, 6) is 0.550. The van der Waals surface area contributed by atoms with Crippen LogP contribution in [0, 0.1) is 0 Å². The number of nitrogens with one attached hydrogen (secondary N) is 1. The van der Waals surface area contributed by atoms with E-state index in [1.807, 2.05) is 24.3 Å². The number of pyridine rings is 1. The second-order valence-electron chi connectivity index (χ2n) is 10.1. The van der Waals surface area contributed by atoms with E-state index in [-0.39, 0.29) is 22.1 Å². The second kappa shape index (κ2) is 12.5. The number of amides is 1. The van der Waals surface area contributed by atoms with Crippen LogP contribution in [0.1, 0.15) is 10.4 Å². The highest BCUT2D eigenvalue weighted by molar-refractivity contribution is 7.92. The molecule has 1 aliphatic rings. The van der Waals surface area contributed by atoms with Crippen LogP contribution in [-0.2, 0) is 10.0 Å². The lowest BCUT2D eigenvalue weighted by Gasteiger charge is -2.36.